The first-order valence-electron chi connectivity index (χ1n) is 5.27. The second kappa shape index (κ2) is 5.56. The Morgan fingerprint density at radius 1 is 1.06 bits per heavy atom. The van der Waals surface area contributed by atoms with Gasteiger partial charge >= 0.3 is 0 Å². The molecule has 4 heteroatoms. The summed E-state index contributed by atoms with van der Waals surface area (Å²) in [4.78, 5) is 11.4. The van der Waals surface area contributed by atoms with Crippen LogP contribution in [0.5, 0.6) is 0 Å². The zero-order chi connectivity index (χ0) is 13.1. The molecule has 0 saturated carbocycles. The monoisotopic (exact) mass is 358 g/mol. The summed E-state index contributed by atoms with van der Waals surface area (Å²) in [5, 5.41) is 0. The number of Topliss-reactive ketones (excluding diaryl/α,β-unsaturated/α-hetero) is 1. The zero-order valence-corrected chi connectivity index (χ0v) is 11.4. The van der Waals surface area contributed by atoms with Crippen LogP contribution in [0.3, 0.4) is 0 Å². The lowest BCUT2D eigenvalue weighted by Crippen LogP contribution is -1.99. The summed E-state index contributed by atoms with van der Waals surface area (Å²) in [6.07, 6.45) is 0. The van der Waals surface area contributed by atoms with E-state index in [1.54, 1.807) is 24.3 Å². The van der Waals surface area contributed by atoms with Gasteiger partial charge in [0.15, 0.2) is 17.4 Å². The van der Waals surface area contributed by atoms with Crippen LogP contribution in [-0.2, 0) is 0 Å². The average Bonchev–Trinajstić information content (AvgIpc) is 2.41. The lowest BCUT2D eigenvalue weighted by molar-refractivity contribution is 0.102. The summed E-state index contributed by atoms with van der Waals surface area (Å²) in [5.41, 5.74) is 1.32. The smallest absolute Gasteiger partial charge is 0.172 e. The summed E-state index contributed by atoms with van der Waals surface area (Å²) in [5.74, 6) is -1.73. The van der Waals surface area contributed by atoms with Crippen molar-refractivity contribution in [2.24, 2.45) is 0 Å². The van der Waals surface area contributed by atoms with E-state index in [0.717, 1.165) is 6.07 Å². The van der Waals surface area contributed by atoms with Crippen molar-refractivity contribution in [1.29, 1.82) is 0 Å². The Morgan fingerprint density at radius 3 is 2.33 bits per heavy atom. The van der Waals surface area contributed by atoms with E-state index in [2.05, 4.69) is 0 Å². The van der Waals surface area contributed by atoms with Gasteiger partial charge in [-0.3, -0.25) is 4.79 Å². The topological polar surface area (TPSA) is 17.1 Å². The number of benzene rings is 2. The first-order valence-corrected chi connectivity index (χ1v) is 6.79. The lowest BCUT2D eigenvalue weighted by atomic mass is 10.0. The van der Waals surface area contributed by atoms with Crippen molar-refractivity contribution in [1.82, 2.24) is 0 Å². The summed E-state index contributed by atoms with van der Waals surface area (Å²) in [7, 11) is 0. The lowest BCUT2D eigenvalue weighted by Gasteiger charge is -2.05. The zero-order valence-electron chi connectivity index (χ0n) is 9.29. The Hall–Kier alpha value is -1.30. The summed E-state index contributed by atoms with van der Waals surface area (Å²) in [6.45, 7) is 0. The highest BCUT2D eigenvalue weighted by molar-refractivity contribution is 14.1. The van der Waals surface area contributed by atoms with Crippen LogP contribution < -0.4 is 0 Å². The molecular formula is C14H9F2IO. The van der Waals surface area contributed by atoms with Crippen LogP contribution in [0.25, 0.3) is 11.1 Å². The first kappa shape index (κ1) is 13.1. The molecule has 92 valence electrons. The molecule has 0 aliphatic heterocycles. The van der Waals surface area contributed by atoms with Crippen molar-refractivity contribution >= 4 is 28.4 Å². The molecule has 0 aliphatic rings. The normalized spacial score (nSPS) is 10.4. The SMILES string of the molecule is O=C(CI)c1ccc(-c2cccc(F)c2F)cc1. The van der Waals surface area contributed by atoms with E-state index in [1.165, 1.54) is 12.1 Å². The van der Waals surface area contributed by atoms with Gasteiger partial charge in [-0.15, -0.1) is 0 Å². The largest absolute Gasteiger partial charge is 0.293 e. The minimum absolute atomic E-state index is 0.0156. The predicted octanol–water partition coefficient (Wildman–Crippen LogP) is 4.25. The Labute approximate surface area is 117 Å². The third-order valence-electron chi connectivity index (χ3n) is 2.59. The van der Waals surface area contributed by atoms with Crippen molar-refractivity contribution in [2.75, 3.05) is 4.43 Å². The second-order valence-corrected chi connectivity index (χ2v) is 4.50. The molecule has 2 rings (SSSR count). The van der Waals surface area contributed by atoms with E-state index in [4.69, 9.17) is 0 Å². The van der Waals surface area contributed by atoms with Crippen molar-refractivity contribution in [3.05, 3.63) is 59.7 Å². The van der Waals surface area contributed by atoms with Crippen LogP contribution in [0.15, 0.2) is 42.5 Å². The van der Waals surface area contributed by atoms with E-state index < -0.39 is 11.6 Å². The van der Waals surface area contributed by atoms with Crippen molar-refractivity contribution < 1.29 is 13.6 Å². The second-order valence-electron chi connectivity index (χ2n) is 3.74. The minimum atomic E-state index is -0.875. The van der Waals surface area contributed by atoms with Gasteiger partial charge in [-0.25, -0.2) is 8.78 Å². The molecule has 0 heterocycles. The molecule has 2 aromatic carbocycles. The Morgan fingerprint density at radius 2 is 1.72 bits per heavy atom. The number of hydrogen-bond donors (Lipinski definition) is 0. The van der Waals surface area contributed by atoms with E-state index in [0.29, 0.717) is 15.6 Å². The van der Waals surface area contributed by atoms with Gasteiger partial charge in [0.1, 0.15) is 0 Å². The summed E-state index contributed by atoms with van der Waals surface area (Å²) < 4.78 is 27.1. The number of carbonyl (C=O) groups excluding carboxylic acids is 1. The van der Waals surface area contributed by atoms with E-state index in [1.807, 2.05) is 22.6 Å². The van der Waals surface area contributed by atoms with Gasteiger partial charge < -0.3 is 0 Å². The van der Waals surface area contributed by atoms with Crippen molar-refractivity contribution in [3.63, 3.8) is 0 Å². The maximum Gasteiger partial charge on any atom is 0.172 e. The average molecular weight is 358 g/mol. The van der Waals surface area contributed by atoms with Crippen LogP contribution in [-0.4, -0.2) is 10.2 Å². The molecule has 0 radical (unpaired) electrons. The molecule has 2 aromatic rings. The molecule has 0 spiro atoms. The summed E-state index contributed by atoms with van der Waals surface area (Å²) in [6, 6.07) is 10.5. The standard InChI is InChI=1S/C14H9F2IO/c15-12-3-1-2-11(14(12)16)9-4-6-10(7-5-9)13(18)8-17/h1-7H,8H2. The number of rotatable bonds is 3. The van der Waals surface area contributed by atoms with Gasteiger partial charge in [0.25, 0.3) is 0 Å². The molecule has 0 bridgehead atoms. The minimum Gasteiger partial charge on any atom is -0.293 e. The fourth-order valence-corrected chi connectivity index (χ4v) is 2.08. The maximum absolute atomic E-state index is 13.6. The molecule has 0 unspecified atom stereocenters. The Balaban J connectivity index is 2.40. The molecule has 0 aliphatic carbocycles. The molecule has 0 amide bonds. The van der Waals surface area contributed by atoms with E-state index in [9.17, 15) is 13.6 Å². The van der Waals surface area contributed by atoms with Gasteiger partial charge in [-0.2, -0.15) is 0 Å². The van der Waals surface area contributed by atoms with Gasteiger partial charge in [-0.05, 0) is 11.6 Å². The van der Waals surface area contributed by atoms with Crippen LogP contribution in [0.4, 0.5) is 8.78 Å². The highest BCUT2D eigenvalue weighted by Crippen LogP contribution is 2.24. The Bertz CT molecular complexity index is 579. The van der Waals surface area contributed by atoms with Crippen LogP contribution in [0.1, 0.15) is 10.4 Å². The number of halogens is 3. The quantitative estimate of drug-likeness (QED) is 0.456. The highest BCUT2D eigenvalue weighted by Gasteiger charge is 2.10. The number of hydrogen-bond acceptors (Lipinski definition) is 1. The first-order chi connectivity index (χ1) is 8.63. The van der Waals surface area contributed by atoms with Gasteiger partial charge in [-0.1, -0.05) is 59.0 Å². The molecule has 0 atom stereocenters. The van der Waals surface area contributed by atoms with Crippen molar-refractivity contribution in [3.8, 4) is 11.1 Å². The van der Waals surface area contributed by atoms with Gasteiger partial charge in [0.05, 0.1) is 4.43 Å². The number of ketones is 1. The predicted molar refractivity (Wildman–Crippen MR) is 75.0 cm³/mol. The molecule has 18 heavy (non-hydrogen) atoms. The third kappa shape index (κ3) is 2.58. The van der Waals surface area contributed by atoms with Gasteiger partial charge in [0, 0.05) is 11.1 Å². The van der Waals surface area contributed by atoms with Crippen LogP contribution >= 0.6 is 22.6 Å². The van der Waals surface area contributed by atoms with Crippen LogP contribution in [0, 0.1) is 11.6 Å². The van der Waals surface area contributed by atoms with E-state index >= 15 is 0 Å². The third-order valence-corrected chi connectivity index (χ3v) is 3.28. The molecule has 0 N–H and O–H groups in total. The summed E-state index contributed by atoms with van der Waals surface area (Å²) >= 11 is 1.99. The van der Waals surface area contributed by atoms with Crippen molar-refractivity contribution in [2.45, 2.75) is 0 Å². The molecule has 1 nitrogen and oxygen atoms in total. The molecule has 0 fully saturated rings. The number of carbonyl (C=O) groups is 1. The highest BCUT2D eigenvalue weighted by atomic mass is 127. The fourth-order valence-electron chi connectivity index (χ4n) is 1.64. The molecule has 0 aromatic heterocycles. The maximum atomic E-state index is 13.6. The number of alkyl halides is 1. The fraction of sp³-hybridized carbons (Fsp3) is 0.0714. The molecule has 0 saturated heterocycles. The molecular weight excluding hydrogens is 349 g/mol. The van der Waals surface area contributed by atoms with Crippen LogP contribution in [0.2, 0.25) is 0 Å². The van der Waals surface area contributed by atoms with E-state index in [-0.39, 0.29) is 11.3 Å². The van der Waals surface area contributed by atoms with Gasteiger partial charge in [0.2, 0.25) is 0 Å². The Kier molecular flexibility index (Phi) is 4.06.